The Kier molecular flexibility index (Phi) is 12.9. The Balaban J connectivity index is 1.89. The molecule has 0 saturated carbocycles. The van der Waals surface area contributed by atoms with Crippen molar-refractivity contribution in [2.75, 3.05) is 26.6 Å². The average Bonchev–Trinajstić information content (AvgIpc) is 3.00. The van der Waals surface area contributed by atoms with Crippen molar-refractivity contribution in [2.45, 2.75) is 51.9 Å². The summed E-state index contributed by atoms with van der Waals surface area (Å²) in [7, 11) is 2.49. The molecule has 0 aromatic heterocycles. The van der Waals surface area contributed by atoms with Crippen molar-refractivity contribution in [3.8, 4) is 28.4 Å². The summed E-state index contributed by atoms with van der Waals surface area (Å²) in [5.74, 6) is 0.408. The lowest BCUT2D eigenvalue weighted by molar-refractivity contribution is -0.130. The quantitative estimate of drug-likeness (QED) is 0.122. The molecule has 5 N–H and O–H groups in total. The molecule has 0 aliphatic carbocycles. The fourth-order valence-corrected chi connectivity index (χ4v) is 4.76. The number of nitrogens with one attached hydrogen (secondary N) is 3. The van der Waals surface area contributed by atoms with Gasteiger partial charge in [0.05, 0.1) is 21.3 Å². The van der Waals surface area contributed by atoms with Crippen LogP contribution in [0.25, 0.3) is 11.1 Å². The smallest absolute Gasteiger partial charge is 0.493 e. The Morgan fingerprint density at radius 3 is 2.09 bits per heavy atom. The Morgan fingerprint density at radius 1 is 0.795 bits per heavy atom. The number of anilines is 1. The molecule has 11 nitrogen and oxygen atoms in total. The van der Waals surface area contributed by atoms with E-state index < -0.39 is 37.4 Å². The Morgan fingerprint density at radius 2 is 1.48 bits per heavy atom. The molecule has 3 aromatic carbocycles. The van der Waals surface area contributed by atoms with E-state index in [0.29, 0.717) is 34.9 Å². The molecule has 2 amide bonds. The van der Waals surface area contributed by atoms with Crippen molar-refractivity contribution < 1.29 is 38.5 Å². The van der Waals surface area contributed by atoms with Crippen molar-refractivity contribution >= 4 is 24.8 Å². The Bertz CT molecular complexity index is 1360. The maximum absolute atomic E-state index is 13.8. The molecule has 0 unspecified atom stereocenters. The van der Waals surface area contributed by atoms with Gasteiger partial charge in [-0.05, 0) is 48.6 Å². The van der Waals surface area contributed by atoms with Crippen LogP contribution in [-0.4, -0.2) is 68.8 Å². The van der Waals surface area contributed by atoms with Crippen LogP contribution in [0.2, 0.25) is 0 Å². The molecule has 0 aliphatic rings. The molecule has 0 aliphatic heterocycles. The standard InChI is InChI=1S/C32H42BN3O8/c1-20(2)17-28(44-33(39)40)36-31(37)21(3)34-32(38)26(19-24-15-16-27(41-4)30(43-6)29(24)42-5)35-25-14-10-13-23(18-25)22-11-8-7-9-12-22/h7-16,18,20-21,26,28,35,39-40H,17,19H2,1-6H3,(H,34,38)(H,36,37)/t21-,26-,28+/m0/s1. The van der Waals surface area contributed by atoms with Crippen molar-refractivity contribution in [3.05, 3.63) is 72.3 Å². The first-order valence-electron chi connectivity index (χ1n) is 14.4. The normalized spacial score (nSPS) is 12.9. The van der Waals surface area contributed by atoms with Crippen LogP contribution in [0.4, 0.5) is 5.69 Å². The molecule has 3 rings (SSSR count). The lowest BCUT2D eigenvalue weighted by atomic mass is 10.0. The third-order valence-electron chi connectivity index (χ3n) is 6.86. The molecule has 0 radical (unpaired) electrons. The zero-order valence-electron chi connectivity index (χ0n) is 26.0. The van der Waals surface area contributed by atoms with Gasteiger partial charge >= 0.3 is 7.32 Å². The van der Waals surface area contributed by atoms with Crippen LogP contribution in [0.1, 0.15) is 32.8 Å². The predicted molar refractivity (Wildman–Crippen MR) is 169 cm³/mol. The van der Waals surface area contributed by atoms with Gasteiger partial charge in [-0.2, -0.15) is 0 Å². The number of carbonyl (C=O) groups excluding carboxylic acids is 2. The van der Waals surface area contributed by atoms with Crippen molar-refractivity contribution in [1.82, 2.24) is 10.6 Å². The van der Waals surface area contributed by atoms with E-state index in [1.807, 2.05) is 68.4 Å². The van der Waals surface area contributed by atoms with E-state index in [4.69, 9.17) is 18.9 Å². The molecule has 3 aromatic rings. The van der Waals surface area contributed by atoms with Gasteiger partial charge in [0.15, 0.2) is 11.5 Å². The zero-order valence-corrected chi connectivity index (χ0v) is 26.0. The number of carbonyl (C=O) groups is 2. The van der Waals surface area contributed by atoms with Gasteiger partial charge in [0.25, 0.3) is 0 Å². The minimum atomic E-state index is -2.05. The van der Waals surface area contributed by atoms with Gasteiger partial charge in [-0.3, -0.25) is 9.59 Å². The molecular formula is C32H42BN3O8. The Hall–Kier alpha value is -4.26. The zero-order chi connectivity index (χ0) is 32.2. The average molecular weight is 608 g/mol. The van der Waals surface area contributed by atoms with E-state index >= 15 is 0 Å². The van der Waals surface area contributed by atoms with E-state index in [2.05, 4.69) is 16.0 Å². The maximum atomic E-state index is 13.8. The molecule has 12 heteroatoms. The highest BCUT2D eigenvalue weighted by Crippen LogP contribution is 2.40. The summed E-state index contributed by atoms with van der Waals surface area (Å²) in [6.45, 7) is 5.35. The van der Waals surface area contributed by atoms with E-state index in [0.717, 1.165) is 11.1 Å². The topological polar surface area (TPSA) is 148 Å². The SMILES string of the molecule is COc1ccc(C[C@H](Nc2cccc(-c3ccccc3)c2)C(=O)N[C@@H](C)C(=O)N[C@@H](CC(C)C)OB(O)O)c(OC)c1OC. The van der Waals surface area contributed by atoms with E-state index in [9.17, 15) is 19.6 Å². The number of amides is 2. The van der Waals surface area contributed by atoms with Crippen LogP contribution in [0.3, 0.4) is 0 Å². The van der Waals surface area contributed by atoms with Crippen molar-refractivity contribution in [1.29, 1.82) is 0 Å². The fourth-order valence-electron chi connectivity index (χ4n) is 4.76. The van der Waals surface area contributed by atoms with Gasteiger partial charge in [-0.1, -0.05) is 62.4 Å². The number of hydrogen-bond donors (Lipinski definition) is 5. The van der Waals surface area contributed by atoms with Crippen molar-refractivity contribution in [3.63, 3.8) is 0 Å². The minimum Gasteiger partial charge on any atom is -0.493 e. The molecule has 44 heavy (non-hydrogen) atoms. The van der Waals surface area contributed by atoms with Gasteiger partial charge in [0, 0.05) is 17.7 Å². The van der Waals surface area contributed by atoms with E-state index in [1.165, 1.54) is 21.3 Å². The fraction of sp³-hybridized carbons (Fsp3) is 0.375. The van der Waals surface area contributed by atoms with E-state index in [1.54, 1.807) is 19.1 Å². The van der Waals surface area contributed by atoms with Crippen LogP contribution in [0, 0.1) is 5.92 Å². The summed E-state index contributed by atoms with van der Waals surface area (Å²) in [6, 6.07) is 19.3. The molecule has 3 atom stereocenters. The highest BCUT2D eigenvalue weighted by atomic mass is 16.6. The van der Waals surface area contributed by atoms with Gasteiger partial charge in [0.2, 0.25) is 17.6 Å². The van der Waals surface area contributed by atoms with Crippen LogP contribution >= 0.6 is 0 Å². The van der Waals surface area contributed by atoms with E-state index in [-0.39, 0.29) is 12.3 Å². The largest absolute Gasteiger partial charge is 0.635 e. The third-order valence-corrected chi connectivity index (χ3v) is 6.86. The lowest BCUT2D eigenvalue weighted by Gasteiger charge is -2.26. The monoisotopic (exact) mass is 607 g/mol. The third kappa shape index (κ3) is 9.63. The second kappa shape index (κ2) is 16.6. The number of benzene rings is 3. The molecule has 0 spiro atoms. The molecule has 0 saturated heterocycles. The highest BCUT2D eigenvalue weighted by Gasteiger charge is 2.28. The van der Waals surface area contributed by atoms with Gasteiger partial charge < -0.3 is 44.9 Å². The number of methoxy groups -OCH3 is 3. The van der Waals surface area contributed by atoms with Crippen LogP contribution in [0.15, 0.2) is 66.7 Å². The maximum Gasteiger partial charge on any atom is 0.635 e. The second-order valence-corrected chi connectivity index (χ2v) is 10.7. The summed E-state index contributed by atoms with van der Waals surface area (Å²) in [4.78, 5) is 26.8. The molecule has 0 bridgehead atoms. The lowest BCUT2D eigenvalue weighted by Crippen LogP contribution is -2.53. The van der Waals surface area contributed by atoms with Gasteiger partial charge in [-0.25, -0.2) is 0 Å². The van der Waals surface area contributed by atoms with Crippen molar-refractivity contribution in [2.24, 2.45) is 5.92 Å². The number of ether oxygens (including phenoxy) is 3. The van der Waals surface area contributed by atoms with Crippen LogP contribution in [-0.2, 0) is 20.7 Å². The summed E-state index contributed by atoms with van der Waals surface area (Å²) in [5, 5.41) is 27.3. The summed E-state index contributed by atoms with van der Waals surface area (Å²) >= 11 is 0. The molecule has 0 heterocycles. The molecule has 0 fully saturated rings. The van der Waals surface area contributed by atoms with Gasteiger partial charge in [-0.15, -0.1) is 0 Å². The predicted octanol–water partition coefficient (Wildman–Crippen LogP) is 3.38. The summed E-state index contributed by atoms with van der Waals surface area (Å²) in [6.07, 6.45) is -0.437. The van der Waals surface area contributed by atoms with Crippen LogP contribution < -0.4 is 30.2 Å². The molecular weight excluding hydrogens is 565 g/mol. The minimum absolute atomic E-state index is 0.0978. The summed E-state index contributed by atoms with van der Waals surface area (Å²) in [5.41, 5.74) is 3.37. The molecule has 236 valence electrons. The second-order valence-electron chi connectivity index (χ2n) is 10.7. The highest BCUT2D eigenvalue weighted by molar-refractivity contribution is 6.32. The Labute approximate surface area is 259 Å². The first-order chi connectivity index (χ1) is 21.1. The summed E-state index contributed by atoms with van der Waals surface area (Å²) < 4.78 is 21.6. The van der Waals surface area contributed by atoms with Gasteiger partial charge in [0.1, 0.15) is 18.3 Å². The number of rotatable bonds is 16. The first-order valence-corrected chi connectivity index (χ1v) is 14.4. The number of hydrogen-bond acceptors (Lipinski definition) is 9. The van der Waals surface area contributed by atoms with Crippen LogP contribution in [0.5, 0.6) is 17.2 Å². The first kappa shape index (κ1) is 34.2.